The van der Waals surface area contributed by atoms with Crippen LogP contribution in [0.4, 0.5) is 0 Å². The monoisotopic (exact) mass is 99.0 g/mol. The number of carbonyl (C=O) groups excluding carboxylic acids is 1. The van der Waals surface area contributed by atoms with Crippen LogP contribution in [-0.2, 0) is 4.79 Å². The van der Waals surface area contributed by atoms with Crippen LogP contribution in [0, 0.1) is 6.42 Å². The smallest absolute Gasteiger partial charge is 0.161 e. The third kappa shape index (κ3) is 3.19. The Labute approximate surface area is 42.5 Å². The van der Waals surface area contributed by atoms with Gasteiger partial charge in [0.05, 0.1) is 13.0 Å². The quantitative estimate of drug-likeness (QED) is 0.503. The van der Waals surface area contributed by atoms with Crippen LogP contribution in [0.25, 0.3) is 0 Å². The Balaban J connectivity index is 3.17. The van der Waals surface area contributed by atoms with E-state index >= 15 is 0 Å². The van der Waals surface area contributed by atoms with Crippen molar-refractivity contribution < 1.29 is 9.90 Å². The fourth-order valence-corrected chi connectivity index (χ4v) is 0.173. The average Bonchev–Trinajstić information content (AvgIpc) is 1.68. The summed E-state index contributed by atoms with van der Waals surface area (Å²) >= 11 is 0. The lowest BCUT2D eigenvalue weighted by Gasteiger charge is -1.82. The SMILES string of the molecule is C=CC(=O)[CH]CO. The van der Waals surface area contributed by atoms with Crippen LogP contribution >= 0.6 is 0 Å². The Morgan fingerprint density at radius 3 is 2.57 bits per heavy atom. The van der Waals surface area contributed by atoms with Gasteiger partial charge in [-0.1, -0.05) is 6.58 Å². The number of rotatable bonds is 3. The Morgan fingerprint density at radius 2 is 2.43 bits per heavy atom. The van der Waals surface area contributed by atoms with E-state index in [1.165, 1.54) is 0 Å². The predicted molar refractivity (Wildman–Crippen MR) is 26.6 cm³/mol. The second kappa shape index (κ2) is 3.56. The molecule has 0 aliphatic heterocycles. The molecule has 0 aliphatic rings. The van der Waals surface area contributed by atoms with E-state index in [-0.39, 0.29) is 12.4 Å². The molecule has 2 heteroatoms. The maximum Gasteiger partial charge on any atom is 0.161 e. The molecule has 2 nitrogen and oxygen atoms in total. The van der Waals surface area contributed by atoms with Gasteiger partial charge in [-0.2, -0.15) is 0 Å². The molecule has 0 aromatic heterocycles. The van der Waals surface area contributed by atoms with Crippen LogP contribution < -0.4 is 0 Å². The average molecular weight is 99.1 g/mol. The molecule has 1 radical (unpaired) electrons. The van der Waals surface area contributed by atoms with E-state index in [2.05, 4.69) is 6.58 Å². The summed E-state index contributed by atoms with van der Waals surface area (Å²) in [7, 11) is 0. The lowest BCUT2D eigenvalue weighted by atomic mass is 10.3. The summed E-state index contributed by atoms with van der Waals surface area (Å²) in [5.74, 6) is -0.234. The molecule has 0 aliphatic carbocycles. The second-order valence-corrected chi connectivity index (χ2v) is 0.993. The highest BCUT2D eigenvalue weighted by Crippen LogP contribution is 1.76. The molecule has 0 aromatic carbocycles. The van der Waals surface area contributed by atoms with E-state index in [0.717, 1.165) is 12.5 Å². The number of ketones is 1. The van der Waals surface area contributed by atoms with Gasteiger partial charge in [0.15, 0.2) is 5.78 Å². The maximum atomic E-state index is 10.1. The molecule has 0 aromatic rings. The van der Waals surface area contributed by atoms with Crippen molar-refractivity contribution in [3.63, 3.8) is 0 Å². The first-order valence-corrected chi connectivity index (χ1v) is 1.91. The lowest BCUT2D eigenvalue weighted by Crippen LogP contribution is -1.95. The third-order valence-corrected chi connectivity index (χ3v) is 0.494. The van der Waals surface area contributed by atoms with Gasteiger partial charge in [0.2, 0.25) is 0 Å². The second-order valence-electron chi connectivity index (χ2n) is 0.993. The molecule has 0 atom stereocenters. The van der Waals surface area contributed by atoms with Crippen LogP contribution in [0.5, 0.6) is 0 Å². The highest BCUT2D eigenvalue weighted by atomic mass is 16.3. The fraction of sp³-hybridized carbons (Fsp3) is 0.200. The lowest BCUT2D eigenvalue weighted by molar-refractivity contribution is -0.112. The molecule has 0 rings (SSSR count). The van der Waals surface area contributed by atoms with Crippen molar-refractivity contribution in [3.8, 4) is 0 Å². The van der Waals surface area contributed by atoms with Crippen molar-refractivity contribution in [1.29, 1.82) is 0 Å². The van der Waals surface area contributed by atoms with Crippen LogP contribution in [0.2, 0.25) is 0 Å². The summed E-state index contributed by atoms with van der Waals surface area (Å²) in [6, 6.07) is 0. The topological polar surface area (TPSA) is 37.3 Å². The molecule has 0 saturated carbocycles. The van der Waals surface area contributed by atoms with E-state index in [9.17, 15) is 4.79 Å². The Bertz CT molecular complexity index is 76.1. The minimum Gasteiger partial charge on any atom is -0.396 e. The molecule has 7 heavy (non-hydrogen) atoms. The van der Waals surface area contributed by atoms with Crippen molar-refractivity contribution in [2.75, 3.05) is 6.61 Å². The van der Waals surface area contributed by atoms with E-state index in [1.807, 2.05) is 0 Å². The molecular formula is C5H7O2. The van der Waals surface area contributed by atoms with Crippen LogP contribution in [-0.4, -0.2) is 17.5 Å². The van der Waals surface area contributed by atoms with Gasteiger partial charge in [0.1, 0.15) is 0 Å². The van der Waals surface area contributed by atoms with Crippen LogP contribution in [0.15, 0.2) is 12.7 Å². The molecule has 0 fully saturated rings. The first-order valence-electron chi connectivity index (χ1n) is 1.91. The number of hydrogen-bond acceptors (Lipinski definition) is 2. The Hall–Kier alpha value is -0.630. The summed E-state index contributed by atoms with van der Waals surface area (Å²) in [5.41, 5.74) is 0. The summed E-state index contributed by atoms with van der Waals surface area (Å²) < 4.78 is 0. The number of aliphatic hydroxyl groups excluding tert-OH is 1. The molecule has 0 heterocycles. The van der Waals surface area contributed by atoms with Gasteiger partial charge < -0.3 is 5.11 Å². The highest BCUT2D eigenvalue weighted by molar-refractivity contribution is 5.96. The van der Waals surface area contributed by atoms with Crippen molar-refractivity contribution >= 4 is 5.78 Å². The molecular weight excluding hydrogens is 92.1 g/mol. The van der Waals surface area contributed by atoms with Crippen LogP contribution in [0.3, 0.4) is 0 Å². The van der Waals surface area contributed by atoms with Crippen LogP contribution in [0.1, 0.15) is 0 Å². The Morgan fingerprint density at radius 1 is 1.86 bits per heavy atom. The third-order valence-electron chi connectivity index (χ3n) is 0.494. The zero-order chi connectivity index (χ0) is 5.70. The zero-order valence-corrected chi connectivity index (χ0v) is 3.92. The van der Waals surface area contributed by atoms with Gasteiger partial charge in [-0.3, -0.25) is 4.79 Å². The standard InChI is InChI=1S/C5H7O2/c1-2-5(7)3-4-6/h2-3,6H,1,4H2. The highest BCUT2D eigenvalue weighted by Gasteiger charge is 1.89. The first kappa shape index (κ1) is 6.37. The molecule has 0 unspecified atom stereocenters. The number of allylic oxidation sites excluding steroid dienone is 1. The van der Waals surface area contributed by atoms with Gasteiger partial charge in [-0.15, -0.1) is 0 Å². The fourth-order valence-electron chi connectivity index (χ4n) is 0.173. The molecule has 1 N–H and O–H groups in total. The van der Waals surface area contributed by atoms with Crippen molar-refractivity contribution in [2.24, 2.45) is 0 Å². The summed E-state index contributed by atoms with van der Waals surface area (Å²) in [6.07, 6.45) is 2.29. The molecule has 0 bridgehead atoms. The molecule has 39 valence electrons. The van der Waals surface area contributed by atoms with E-state index in [0.29, 0.717) is 0 Å². The summed E-state index contributed by atoms with van der Waals surface area (Å²) in [5, 5.41) is 8.04. The van der Waals surface area contributed by atoms with Crippen molar-refractivity contribution in [3.05, 3.63) is 19.1 Å². The minimum atomic E-state index is -0.234. The van der Waals surface area contributed by atoms with E-state index in [4.69, 9.17) is 5.11 Å². The van der Waals surface area contributed by atoms with Gasteiger partial charge in [-0.05, 0) is 6.08 Å². The van der Waals surface area contributed by atoms with Crippen molar-refractivity contribution in [2.45, 2.75) is 0 Å². The zero-order valence-electron chi connectivity index (χ0n) is 3.92. The minimum absolute atomic E-state index is 0.204. The molecule has 0 saturated heterocycles. The normalized spacial score (nSPS) is 8.14. The van der Waals surface area contributed by atoms with Gasteiger partial charge in [0.25, 0.3) is 0 Å². The van der Waals surface area contributed by atoms with Gasteiger partial charge in [-0.25, -0.2) is 0 Å². The van der Waals surface area contributed by atoms with Gasteiger partial charge in [0, 0.05) is 0 Å². The maximum absolute atomic E-state index is 10.1. The van der Waals surface area contributed by atoms with Crippen molar-refractivity contribution in [1.82, 2.24) is 0 Å². The van der Waals surface area contributed by atoms with E-state index in [1.54, 1.807) is 0 Å². The summed E-state index contributed by atoms with van der Waals surface area (Å²) in [6.45, 7) is 2.98. The first-order chi connectivity index (χ1) is 3.31. The number of hydrogen-bond donors (Lipinski definition) is 1. The van der Waals surface area contributed by atoms with E-state index < -0.39 is 0 Å². The Kier molecular flexibility index (Phi) is 3.24. The number of aliphatic hydroxyl groups is 1. The largest absolute Gasteiger partial charge is 0.396 e. The number of carbonyl (C=O) groups is 1. The predicted octanol–water partition coefficient (Wildman–Crippen LogP) is -0.0619. The molecule has 0 amide bonds. The summed E-state index contributed by atoms with van der Waals surface area (Å²) in [4.78, 5) is 10.1. The molecule has 0 spiro atoms. The van der Waals surface area contributed by atoms with Gasteiger partial charge >= 0.3 is 0 Å².